The first-order chi connectivity index (χ1) is 14.1. The van der Waals surface area contributed by atoms with Gasteiger partial charge in [-0.3, -0.25) is 9.69 Å². The van der Waals surface area contributed by atoms with Crippen molar-refractivity contribution in [3.05, 3.63) is 35.4 Å². The van der Waals surface area contributed by atoms with E-state index in [0.717, 1.165) is 45.2 Å². The number of carbonyl (C=O) groups excluding carboxylic acids is 1. The number of amides is 1. The van der Waals surface area contributed by atoms with Crippen LogP contribution in [0.2, 0.25) is 0 Å². The van der Waals surface area contributed by atoms with Gasteiger partial charge in [0.1, 0.15) is 0 Å². The lowest BCUT2D eigenvalue weighted by Crippen LogP contribution is -2.53. The Morgan fingerprint density at radius 1 is 1.03 bits per heavy atom. The molecule has 0 spiro atoms. The third kappa shape index (κ3) is 7.11. The summed E-state index contributed by atoms with van der Waals surface area (Å²) in [5.41, 5.74) is 2.62. The van der Waals surface area contributed by atoms with Crippen LogP contribution in [0.1, 0.15) is 51.2 Å². The number of guanidine groups is 1. The SMILES string of the molecule is CCNC(=NCc1ccc(CN2CCCCC2C)cc1)N1CCN(C(C)=O)CC1.I. The van der Waals surface area contributed by atoms with Crippen molar-refractivity contribution in [2.45, 2.75) is 59.2 Å². The van der Waals surface area contributed by atoms with Crippen LogP contribution in [0.25, 0.3) is 0 Å². The van der Waals surface area contributed by atoms with Gasteiger partial charge >= 0.3 is 0 Å². The van der Waals surface area contributed by atoms with Crippen LogP contribution in [-0.4, -0.2) is 71.9 Å². The first-order valence-electron chi connectivity index (χ1n) is 11.2. The van der Waals surface area contributed by atoms with Crippen molar-refractivity contribution in [3.8, 4) is 0 Å². The van der Waals surface area contributed by atoms with Crippen LogP contribution in [0.3, 0.4) is 0 Å². The topological polar surface area (TPSA) is 51.2 Å². The number of piperazine rings is 1. The fourth-order valence-corrected chi connectivity index (χ4v) is 4.20. The second-order valence-corrected chi connectivity index (χ2v) is 8.30. The zero-order valence-electron chi connectivity index (χ0n) is 18.8. The Labute approximate surface area is 199 Å². The van der Waals surface area contributed by atoms with Crippen molar-refractivity contribution in [1.82, 2.24) is 20.0 Å². The Bertz CT molecular complexity index is 685. The van der Waals surface area contributed by atoms with E-state index in [-0.39, 0.29) is 29.9 Å². The van der Waals surface area contributed by atoms with Gasteiger partial charge in [-0.25, -0.2) is 4.99 Å². The molecule has 0 aliphatic carbocycles. The molecule has 1 N–H and O–H groups in total. The average molecular weight is 527 g/mol. The molecule has 2 fully saturated rings. The van der Waals surface area contributed by atoms with Gasteiger partial charge < -0.3 is 15.1 Å². The Kier molecular flexibility index (Phi) is 10.4. The fraction of sp³-hybridized carbons (Fsp3) is 0.652. The van der Waals surface area contributed by atoms with Crippen LogP contribution in [-0.2, 0) is 17.9 Å². The smallest absolute Gasteiger partial charge is 0.219 e. The Hall–Kier alpha value is -1.35. The van der Waals surface area contributed by atoms with Crippen molar-refractivity contribution >= 4 is 35.8 Å². The number of hydrogen-bond donors (Lipinski definition) is 1. The standard InChI is InChI=1S/C23H37N5O.HI/c1-4-24-23(27-15-13-26(14-16-27)20(3)29)25-17-21-8-10-22(11-9-21)18-28-12-6-5-7-19(28)2;/h8-11,19H,4-7,12-18H2,1-3H3,(H,24,25);1H. The molecule has 2 aliphatic rings. The van der Waals surface area contributed by atoms with E-state index in [1.54, 1.807) is 6.92 Å². The third-order valence-electron chi connectivity index (χ3n) is 6.12. The number of hydrogen-bond acceptors (Lipinski definition) is 3. The summed E-state index contributed by atoms with van der Waals surface area (Å²) in [6, 6.07) is 9.63. The number of carbonyl (C=O) groups is 1. The van der Waals surface area contributed by atoms with E-state index >= 15 is 0 Å². The number of halogens is 1. The molecule has 0 saturated carbocycles. The first kappa shape index (κ1) is 24.9. The molecule has 1 aromatic rings. The largest absolute Gasteiger partial charge is 0.357 e. The maximum absolute atomic E-state index is 11.5. The van der Waals surface area contributed by atoms with Gasteiger partial charge in [-0.15, -0.1) is 24.0 Å². The van der Waals surface area contributed by atoms with Crippen molar-refractivity contribution in [3.63, 3.8) is 0 Å². The summed E-state index contributed by atoms with van der Waals surface area (Å²) in [6.45, 7) is 13.1. The van der Waals surface area contributed by atoms with E-state index in [4.69, 9.17) is 4.99 Å². The lowest BCUT2D eigenvalue weighted by molar-refractivity contribution is -0.130. The number of nitrogens with one attached hydrogen (secondary N) is 1. The van der Waals surface area contributed by atoms with Gasteiger partial charge in [0.25, 0.3) is 0 Å². The van der Waals surface area contributed by atoms with Crippen molar-refractivity contribution in [2.75, 3.05) is 39.3 Å². The lowest BCUT2D eigenvalue weighted by Gasteiger charge is -2.36. The number of nitrogens with zero attached hydrogens (tertiary/aromatic N) is 4. The maximum atomic E-state index is 11.5. The summed E-state index contributed by atoms with van der Waals surface area (Å²) in [7, 11) is 0. The average Bonchev–Trinajstić information content (AvgIpc) is 2.74. The van der Waals surface area contributed by atoms with Gasteiger partial charge in [0.15, 0.2) is 5.96 Å². The van der Waals surface area contributed by atoms with Crippen molar-refractivity contribution in [2.24, 2.45) is 4.99 Å². The predicted octanol–water partition coefficient (Wildman–Crippen LogP) is 3.31. The van der Waals surface area contributed by atoms with Crippen LogP contribution >= 0.6 is 24.0 Å². The number of likely N-dealkylation sites (tertiary alicyclic amines) is 1. The normalized spacial score (nSPS) is 20.6. The molecule has 1 aromatic carbocycles. The minimum Gasteiger partial charge on any atom is -0.357 e. The molecule has 168 valence electrons. The van der Waals surface area contributed by atoms with Crippen LogP contribution in [0.5, 0.6) is 0 Å². The Morgan fingerprint density at radius 3 is 2.27 bits per heavy atom. The highest BCUT2D eigenvalue weighted by molar-refractivity contribution is 14.0. The molecule has 0 aromatic heterocycles. The molecule has 7 heteroatoms. The van der Waals surface area contributed by atoms with Gasteiger partial charge in [-0.1, -0.05) is 30.7 Å². The molecule has 0 radical (unpaired) electrons. The molecule has 30 heavy (non-hydrogen) atoms. The summed E-state index contributed by atoms with van der Waals surface area (Å²) in [4.78, 5) is 23.2. The van der Waals surface area contributed by atoms with E-state index in [1.807, 2.05) is 4.90 Å². The highest BCUT2D eigenvalue weighted by Gasteiger charge is 2.21. The van der Waals surface area contributed by atoms with Crippen LogP contribution in [0, 0.1) is 0 Å². The van der Waals surface area contributed by atoms with Gasteiger partial charge in [-0.05, 0) is 44.4 Å². The van der Waals surface area contributed by atoms with Gasteiger partial charge in [-0.2, -0.15) is 0 Å². The summed E-state index contributed by atoms with van der Waals surface area (Å²) in [5.74, 6) is 1.10. The molecule has 0 bridgehead atoms. The van der Waals surface area contributed by atoms with Gasteiger partial charge in [0, 0.05) is 52.2 Å². The molecule has 2 heterocycles. The highest BCUT2D eigenvalue weighted by atomic mass is 127. The van der Waals surface area contributed by atoms with Gasteiger partial charge in [0.05, 0.1) is 6.54 Å². The fourth-order valence-electron chi connectivity index (χ4n) is 4.20. The van der Waals surface area contributed by atoms with Crippen molar-refractivity contribution < 1.29 is 4.79 Å². The van der Waals surface area contributed by atoms with Crippen LogP contribution in [0.4, 0.5) is 0 Å². The molecular formula is C23H38IN5O. The second kappa shape index (κ2) is 12.5. The van der Waals surface area contributed by atoms with E-state index < -0.39 is 0 Å². The number of benzene rings is 1. The van der Waals surface area contributed by atoms with Crippen molar-refractivity contribution in [1.29, 1.82) is 0 Å². The minimum absolute atomic E-state index is 0. The first-order valence-corrected chi connectivity index (χ1v) is 11.2. The number of piperidine rings is 1. The zero-order chi connectivity index (χ0) is 20.6. The molecule has 6 nitrogen and oxygen atoms in total. The Balaban J connectivity index is 0.00000320. The summed E-state index contributed by atoms with van der Waals surface area (Å²) >= 11 is 0. The van der Waals surface area contributed by atoms with Gasteiger partial charge in [0.2, 0.25) is 5.91 Å². The second-order valence-electron chi connectivity index (χ2n) is 8.30. The van der Waals surface area contributed by atoms with E-state index in [2.05, 4.69) is 53.2 Å². The molecule has 1 amide bonds. The molecule has 2 aliphatic heterocycles. The van der Waals surface area contributed by atoms with Crippen LogP contribution < -0.4 is 5.32 Å². The number of rotatable bonds is 5. The predicted molar refractivity (Wildman–Crippen MR) is 134 cm³/mol. The van der Waals surface area contributed by atoms with Crippen LogP contribution in [0.15, 0.2) is 29.3 Å². The molecule has 3 rings (SSSR count). The van der Waals surface area contributed by atoms with E-state index in [0.29, 0.717) is 12.6 Å². The maximum Gasteiger partial charge on any atom is 0.219 e. The minimum atomic E-state index is 0. The van der Waals surface area contributed by atoms with E-state index in [1.165, 1.54) is 36.9 Å². The number of aliphatic imine (C=N–C) groups is 1. The lowest BCUT2D eigenvalue weighted by atomic mass is 10.0. The Morgan fingerprint density at radius 2 is 1.67 bits per heavy atom. The molecule has 2 saturated heterocycles. The van der Waals surface area contributed by atoms with E-state index in [9.17, 15) is 4.79 Å². The summed E-state index contributed by atoms with van der Waals surface area (Å²) < 4.78 is 0. The summed E-state index contributed by atoms with van der Waals surface area (Å²) in [6.07, 6.45) is 4.01. The molecular weight excluding hydrogens is 489 g/mol. The third-order valence-corrected chi connectivity index (χ3v) is 6.12. The highest BCUT2D eigenvalue weighted by Crippen LogP contribution is 2.19. The zero-order valence-corrected chi connectivity index (χ0v) is 21.1. The molecule has 1 atom stereocenters. The molecule has 1 unspecified atom stereocenters. The summed E-state index contributed by atoms with van der Waals surface area (Å²) in [5, 5.41) is 3.40. The quantitative estimate of drug-likeness (QED) is 0.363. The monoisotopic (exact) mass is 527 g/mol.